The molecule has 2 rings (SSSR count). The third kappa shape index (κ3) is 12.3. The van der Waals surface area contributed by atoms with Crippen LogP contribution in [-0.4, -0.2) is 70.7 Å². The fourth-order valence-electron chi connectivity index (χ4n) is 4.05. The predicted molar refractivity (Wildman–Crippen MR) is 180 cm³/mol. The second-order valence-corrected chi connectivity index (χ2v) is 10.2. The number of likely N-dealkylation sites (N-methyl/N-ethyl adjacent to an activating group) is 3. The predicted octanol–water partition coefficient (Wildman–Crippen LogP) is 6.38. The fourth-order valence-corrected chi connectivity index (χ4v) is 4.05. The first-order valence-electron chi connectivity index (χ1n) is 14.8. The van der Waals surface area contributed by atoms with Crippen molar-refractivity contribution in [1.82, 2.24) is 15.2 Å². The van der Waals surface area contributed by atoms with E-state index in [2.05, 4.69) is 30.7 Å². The minimum absolute atomic E-state index is 0.148. The second-order valence-electron chi connectivity index (χ2n) is 10.2. The summed E-state index contributed by atoms with van der Waals surface area (Å²) in [4.78, 5) is 20.2. The van der Waals surface area contributed by atoms with Gasteiger partial charge in [-0.05, 0) is 39.6 Å². The molecule has 0 saturated carbocycles. The van der Waals surface area contributed by atoms with Gasteiger partial charge in [-0.15, -0.1) is 4.91 Å². The van der Waals surface area contributed by atoms with Crippen LogP contribution < -0.4 is 26.0 Å². The number of aliphatic imine (C=N–C) groups is 1. The van der Waals surface area contributed by atoms with E-state index in [-0.39, 0.29) is 13.1 Å². The molecule has 0 aliphatic heterocycles. The maximum absolute atomic E-state index is 14.1. The van der Waals surface area contributed by atoms with E-state index in [0.717, 1.165) is 31.3 Å². The van der Waals surface area contributed by atoms with Crippen molar-refractivity contribution in [2.75, 3.05) is 70.9 Å². The van der Waals surface area contributed by atoms with Gasteiger partial charge in [0, 0.05) is 69.7 Å². The van der Waals surface area contributed by atoms with Crippen molar-refractivity contribution in [3.05, 3.63) is 76.0 Å². The zero-order valence-corrected chi connectivity index (χ0v) is 27.7. The van der Waals surface area contributed by atoms with Crippen molar-refractivity contribution in [3.8, 4) is 5.75 Å². The van der Waals surface area contributed by atoms with E-state index >= 15 is 0 Å². The van der Waals surface area contributed by atoms with Gasteiger partial charge < -0.3 is 30.9 Å². The number of hydrogen-bond acceptors (Lipinski definition) is 8. The van der Waals surface area contributed by atoms with E-state index in [0.29, 0.717) is 46.2 Å². The van der Waals surface area contributed by atoms with E-state index in [1.54, 1.807) is 33.3 Å². The van der Waals surface area contributed by atoms with E-state index in [9.17, 15) is 13.7 Å². The molecule has 2 aromatic carbocycles. The zero-order chi connectivity index (χ0) is 33.2. The molecule has 44 heavy (non-hydrogen) atoms. The molecule has 0 heterocycles. The molecule has 2 aromatic rings. The summed E-state index contributed by atoms with van der Waals surface area (Å²) in [5, 5.41) is 10.7. The second kappa shape index (κ2) is 20.0. The molecule has 10 nitrogen and oxygen atoms in total. The van der Waals surface area contributed by atoms with Crippen LogP contribution in [0.1, 0.15) is 46.1 Å². The molecule has 0 atom stereocenters. The lowest BCUT2D eigenvalue weighted by Crippen LogP contribution is -2.29. The average Bonchev–Trinajstić information content (AvgIpc) is 3.00. The first-order chi connectivity index (χ1) is 21.0. The lowest BCUT2D eigenvalue weighted by Gasteiger charge is -2.24. The molecule has 0 saturated heterocycles. The Morgan fingerprint density at radius 2 is 1.80 bits per heavy atom. The summed E-state index contributed by atoms with van der Waals surface area (Å²) in [6.45, 7) is 9.87. The number of hydrogen-bond donors (Lipinski definition) is 3. The van der Waals surface area contributed by atoms with Crippen molar-refractivity contribution in [1.29, 1.82) is 0 Å². The summed E-state index contributed by atoms with van der Waals surface area (Å²) in [6, 6.07) is 7.14. The molecular weight excluding hydrogens is 566 g/mol. The highest BCUT2D eigenvalue weighted by atomic mass is 19.1. The van der Waals surface area contributed by atoms with Crippen LogP contribution in [0.15, 0.2) is 64.2 Å². The van der Waals surface area contributed by atoms with Gasteiger partial charge in [-0.1, -0.05) is 39.3 Å². The van der Waals surface area contributed by atoms with Gasteiger partial charge in [0.15, 0.2) is 0 Å². The molecule has 0 radical (unpaired) electrons. The Hall–Kier alpha value is -4.03. The Morgan fingerprint density at radius 1 is 1.09 bits per heavy atom. The SMILES string of the molecule is CC.CCC/C=C(/C(=C\N=C(C)Nc1cc(N)c(N(C)CCN(C)C)cc1OC)CNCc1ccc(F)cc1F)N(C)N=O. The van der Waals surface area contributed by atoms with Crippen LogP contribution in [0.5, 0.6) is 5.75 Å². The number of benzene rings is 2. The van der Waals surface area contributed by atoms with Crippen molar-refractivity contribution < 1.29 is 13.5 Å². The van der Waals surface area contributed by atoms with E-state index in [4.69, 9.17) is 10.5 Å². The quantitative estimate of drug-likeness (QED) is 0.0498. The Labute approximate surface area is 261 Å². The minimum Gasteiger partial charge on any atom is -0.494 e. The lowest BCUT2D eigenvalue weighted by molar-refractivity contribution is 0.413. The smallest absolute Gasteiger partial charge is 0.144 e. The monoisotopic (exact) mass is 616 g/mol. The van der Waals surface area contributed by atoms with Gasteiger partial charge in [0.25, 0.3) is 0 Å². The molecule has 0 aliphatic rings. The number of unbranched alkanes of at least 4 members (excludes halogenated alkanes) is 1. The number of ether oxygens (including phenoxy) is 1. The Balaban J connectivity index is 0.00000474. The highest BCUT2D eigenvalue weighted by molar-refractivity contribution is 5.96. The van der Waals surface area contributed by atoms with Gasteiger partial charge in [0.05, 0.1) is 35.2 Å². The van der Waals surface area contributed by atoms with Gasteiger partial charge in [0.2, 0.25) is 0 Å². The van der Waals surface area contributed by atoms with Gasteiger partial charge in [0.1, 0.15) is 23.2 Å². The topological polar surface area (TPSA) is 111 Å². The highest BCUT2D eigenvalue weighted by Crippen LogP contribution is 2.35. The number of nitroso groups, excluding NO2 is 1. The van der Waals surface area contributed by atoms with Crippen molar-refractivity contribution in [2.45, 2.75) is 47.1 Å². The number of halogens is 2. The van der Waals surface area contributed by atoms with Crippen molar-refractivity contribution in [3.63, 3.8) is 0 Å². The zero-order valence-electron chi connectivity index (χ0n) is 27.7. The lowest BCUT2D eigenvalue weighted by atomic mass is 10.1. The number of nitrogens with zero attached hydrogens (tertiary/aromatic N) is 5. The van der Waals surface area contributed by atoms with E-state index < -0.39 is 11.6 Å². The fraction of sp³-hybridized carbons (Fsp3) is 0.469. The standard InChI is InChI=1S/C30H44F2N8O2.C2H6/c1-8-9-10-28(40(6)37-41)23(19-34-18-22-11-12-24(31)15-25(22)32)20-35-21(2)36-27-16-26(33)29(17-30(27)42-7)39(5)14-13-38(3)4;1-2/h10-12,15-17,20,34H,8-9,13-14,18-19,33H2,1-7H3,(H,35,36);1-2H3/b23-20-,28-10-;. The van der Waals surface area contributed by atoms with Gasteiger partial charge >= 0.3 is 0 Å². The van der Waals surface area contributed by atoms with Crippen LogP contribution in [0, 0.1) is 16.5 Å². The summed E-state index contributed by atoms with van der Waals surface area (Å²) >= 11 is 0. The molecule has 0 aromatic heterocycles. The molecule has 12 heteroatoms. The first-order valence-corrected chi connectivity index (χ1v) is 14.8. The molecule has 0 bridgehead atoms. The summed E-state index contributed by atoms with van der Waals surface area (Å²) in [7, 11) is 9.16. The average molecular weight is 617 g/mol. The van der Waals surface area contributed by atoms with Crippen LogP contribution in [0.3, 0.4) is 0 Å². The molecule has 0 spiro atoms. The van der Waals surface area contributed by atoms with Gasteiger partial charge in [-0.2, -0.15) is 0 Å². The molecule has 0 aliphatic carbocycles. The molecule has 244 valence electrons. The first kappa shape index (κ1) is 38.0. The molecule has 0 unspecified atom stereocenters. The Morgan fingerprint density at radius 3 is 2.39 bits per heavy atom. The van der Waals surface area contributed by atoms with Gasteiger partial charge in [-0.3, -0.25) is 0 Å². The van der Waals surface area contributed by atoms with E-state index in [1.807, 2.05) is 54.1 Å². The van der Waals surface area contributed by atoms with Crippen molar-refractivity contribution >= 4 is 22.9 Å². The van der Waals surface area contributed by atoms with Crippen LogP contribution in [0.4, 0.5) is 25.8 Å². The third-order valence-electron chi connectivity index (χ3n) is 6.44. The molecular formula is C32H50F2N8O2. The Bertz CT molecular complexity index is 1280. The summed E-state index contributed by atoms with van der Waals surface area (Å²) < 4.78 is 33.1. The number of nitrogens with one attached hydrogen (secondary N) is 2. The molecule has 4 N–H and O–H groups in total. The number of nitrogens with two attached hydrogens (primary N) is 1. The highest BCUT2D eigenvalue weighted by Gasteiger charge is 2.14. The van der Waals surface area contributed by atoms with Crippen LogP contribution in [-0.2, 0) is 6.54 Å². The number of rotatable bonds is 16. The number of nitrogen functional groups attached to an aromatic ring is 1. The number of amidine groups is 1. The van der Waals surface area contributed by atoms with Crippen LogP contribution >= 0.6 is 0 Å². The summed E-state index contributed by atoms with van der Waals surface area (Å²) in [5.74, 6) is -0.129. The Kier molecular flexibility index (Phi) is 17.3. The van der Waals surface area contributed by atoms with Crippen molar-refractivity contribution in [2.24, 2.45) is 10.3 Å². The molecule has 0 amide bonds. The maximum Gasteiger partial charge on any atom is 0.144 e. The number of allylic oxidation sites excluding steroid dienone is 1. The van der Waals surface area contributed by atoms with Gasteiger partial charge in [-0.25, -0.2) is 18.8 Å². The summed E-state index contributed by atoms with van der Waals surface area (Å²) in [5.41, 5.74) is 10.0. The summed E-state index contributed by atoms with van der Waals surface area (Å²) in [6.07, 6.45) is 5.11. The molecule has 0 fully saturated rings. The number of methoxy groups -OCH3 is 1. The third-order valence-corrected chi connectivity index (χ3v) is 6.44. The van der Waals surface area contributed by atoms with Crippen LogP contribution in [0.2, 0.25) is 0 Å². The van der Waals surface area contributed by atoms with Crippen LogP contribution in [0.25, 0.3) is 0 Å². The maximum atomic E-state index is 14.1. The number of anilines is 3. The normalized spacial score (nSPS) is 12.0. The minimum atomic E-state index is -0.637. The largest absolute Gasteiger partial charge is 0.494 e. The van der Waals surface area contributed by atoms with E-state index in [1.165, 1.54) is 17.1 Å².